The zero-order valence-electron chi connectivity index (χ0n) is 10.6. The van der Waals surface area contributed by atoms with Gasteiger partial charge in [0, 0.05) is 20.4 Å². The maximum atomic E-state index is 13.2. The summed E-state index contributed by atoms with van der Waals surface area (Å²) in [5.74, 6) is -0.543. The number of nitrogens with zero attached hydrogens (tertiary/aromatic N) is 1. The zero-order chi connectivity index (χ0) is 14.0. The van der Waals surface area contributed by atoms with Gasteiger partial charge in [-0.1, -0.05) is 0 Å². The highest BCUT2D eigenvalue weighted by molar-refractivity contribution is 14.1. The molecule has 100 valence electrons. The summed E-state index contributed by atoms with van der Waals surface area (Å²) in [6, 6.07) is 8.32. The third-order valence-corrected chi connectivity index (χ3v) is 4.62. The van der Waals surface area contributed by atoms with Gasteiger partial charge in [-0.3, -0.25) is 4.79 Å². The Kier molecular flexibility index (Phi) is 4.57. The van der Waals surface area contributed by atoms with Crippen LogP contribution in [0.15, 0.2) is 30.3 Å². The molecule has 0 N–H and O–H groups in total. The van der Waals surface area contributed by atoms with Crippen LogP contribution in [0.25, 0.3) is 0 Å². The van der Waals surface area contributed by atoms with E-state index in [-0.39, 0.29) is 11.7 Å². The monoisotopic (exact) mass is 389 g/mol. The summed E-state index contributed by atoms with van der Waals surface area (Å²) in [5.41, 5.74) is 0.413. The summed E-state index contributed by atoms with van der Waals surface area (Å²) in [4.78, 5) is 16.2. The third kappa shape index (κ3) is 3.54. The highest BCUT2D eigenvalue weighted by atomic mass is 127. The van der Waals surface area contributed by atoms with E-state index in [0.717, 1.165) is 8.45 Å². The minimum absolute atomic E-state index is 0.157. The van der Waals surface area contributed by atoms with E-state index in [1.165, 1.54) is 17.0 Å². The van der Waals surface area contributed by atoms with E-state index in [2.05, 4.69) is 0 Å². The van der Waals surface area contributed by atoms with E-state index in [9.17, 15) is 9.18 Å². The number of carbonyl (C=O) groups is 1. The van der Waals surface area contributed by atoms with Crippen molar-refractivity contribution in [2.24, 2.45) is 0 Å². The maximum Gasteiger partial charge on any atom is 0.255 e. The molecule has 0 aliphatic rings. The summed E-state index contributed by atoms with van der Waals surface area (Å²) >= 11 is 3.72. The second kappa shape index (κ2) is 6.00. The Morgan fingerprint density at radius 3 is 2.74 bits per heavy atom. The van der Waals surface area contributed by atoms with E-state index in [0.29, 0.717) is 12.1 Å². The van der Waals surface area contributed by atoms with Crippen LogP contribution in [-0.4, -0.2) is 17.9 Å². The average Bonchev–Trinajstić information content (AvgIpc) is 2.77. The summed E-state index contributed by atoms with van der Waals surface area (Å²) < 4.78 is 14.0. The molecule has 0 atom stereocenters. The first-order chi connectivity index (χ1) is 8.97. The minimum Gasteiger partial charge on any atom is -0.337 e. The highest BCUT2D eigenvalue weighted by Gasteiger charge is 2.16. The molecule has 2 rings (SSSR count). The fraction of sp³-hybridized carbons (Fsp3) is 0.214. The number of benzene rings is 1. The van der Waals surface area contributed by atoms with Gasteiger partial charge in [-0.2, -0.15) is 0 Å². The number of aryl methyl sites for hydroxylation is 1. The van der Waals surface area contributed by atoms with E-state index in [4.69, 9.17) is 0 Å². The molecule has 1 heterocycles. The van der Waals surface area contributed by atoms with Crippen molar-refractivity contribution in [3.05, 3.63) is 55.0 Å². The van der Waals surface area contributed by atoms with E-state index >= 15 is 0 Å². The predicted molar refractivity (Wildman–Crippen MR) is 84.0 cm³/mol. The standard InChI is InChI=1S/C14H13FINOS/c1-9-3-5-11(19-9)8-17(2)14(18)12-7-10(15)4-6-13(12)16/h3-7H,8H2,1-2H3. The smallest absolute Gasteiger partial charge is 0.255 e. The van der Waals surface area contributed by atoms with E-state index < -0.39 is 0 Å². The molecule has 5 heteroatoms. The van der Waals surface area contributed by atoms with Crippen LogP contribution in [-0.2, 0) is 6.54 Å². The van der Waals surface area contributed by atoms with Gasteiger partial charge in [-0.15, -0.1) is 11.3 Å². The topological polar surface area (TPSA) is 20.3 Å². The van der Waals surface area contributed by atoms with Gasteiger partial charge in [0.25, 0.3) is 5.91 Å². The quantitative estimate of drug-likeness (QED) is 0.725. The molecule has 0 unspecified atom stereocenters. The van der Waals surface area contributed by atoms with Crippen LogP contribution in [0.4, 0.5) is 4.39 Å². The Morgan fingerprint density at radius 2 is 2.11 bits per heavy atom. The molecule has 0 saturated carbocycles. The first-order valence-corrected chi connectivity index (χ1v) is 7.62. The first-order valence-electron chi connectivity index (χ1n) is 5.73. The van der Waals surface area contributed by atoms with Crippen molar-refractivity contribution in [1.82, 2.24) is 4.90 Å². The molecule has 1 amide bonds. The molecule has 2 nitrogen and oxygen atoms in total. The SMILES string of the molecule is Cc1ccc(CN(C)C(=O)c2cc(F)ccc2I)s1. The number of hydrogen-bond acceptors (Lipinski definition) is 2. The Bertz CT molecular complexity index is 611. The van der Waals surface area contributed by atoms with Gasteiger partial charge in [0.15, 0.2) is 0 Å². The fourth-order valence-corrected chi connectivity index (χ4v) is 3.25. The number of thiophene rings is 1. The van der Waals surface area contributed by atoms with Gasteiger partial charge in [0.05, 0.1) is 12.1 Å². The van der Waals surface area contributed by atoms with Crippen LogP contribution >= 0.6 is 33.9 Å². The zero-order valence-corrected chi connectivity index (χ0v) is 13.6. The van der Waals surface area contributed by atoms with Crippen LogP contribution in [0, 0.1) is 16.3 Å². The largest absolute Gasteiger partial charge is 0.337 e. The molecular weight excluding hydrogens is 376 g/mol. The third-order valence-electron chi connectivity index (χ3n) is 2.69. The second-order valence-corrected chi connectivity index (χ2v) is 6.83. The lowest BCUT2D eigenvalue weighted by molar-refractivity contribution is 0.0785. The van der Waals surface area contributed by atoms with Crippen molar-refractivity contribution in [3.63, 3.8) is 0 Å². The molecule has 19 heavy (non-hydrogen) atoms. The lowest BCUT2D eigenvalue weighted by Crippen LogP contribution is -2.26. The van der Waals surface area contributed by atoms with Crippen molar-refractivity contribution in [2.45, 2.75) is 13.5 Å². The number of amides is 1. The van der Waals surface area contributed by atoms with Gasteiger partial charge < -0.3 is 4.90 Å². The lowest BCUT2D eigenvalue weighted by atomic mass is 10.2. The molecule has 0 fully saturated rings. The van der Waals surface area contributed by atoms with Gasteiger partial charge in [-0.05, 0) is 59.8 Å². The molecule has 1 aromatic heterocycles. The number of hydrogen-bond donors (Lipinski definition) is 0. The summed E-state index contributed by atoms with van der Waals surface area (Å²) in [5, 5.41) is 0. The first kappa shape index (κ1) is 14.5. The van der Waals surface area contributed by atoms with E-state index in [1.54, 1.807) is 29.4 Å². The van der Waals surface area contributed by atoms with E-state index in [1.807, 2.05) is 41.6 Å². The molecule has 0 bridgehead atoms. The Labute approximate surface area is 129 Å². The van der Waals surface area contributed by atoms with Gasteiger partial charge >= 0.3 is 0 Å². The molecule has 0 saturated heterocycles. The molecule has 0 spiro atoms. The second-order valence-electron chi connectivity index (χ2n) is 4.30. The van der Waals surface area contributed by atoms with Gasteiger partial charge in [-0.25, -0.2) is 4.39 Å². The van der Waals surface area contributed by atoms with Crippen molar-refractivity contribution in [2.75, 3.05) is 7.05 Å². The van der Waals surface area contributed by atoms with Crippen LogP contribution in [0.5, 0.6) is 0 Å². The summed E-state index contributed by atoms with van der Waals surface area (Å²) in [6.07, 6.45) is 0. The number of halogens is 2. The van der Waals surface area contributed by atoms with Crippen molar-refractivity contribution in [3.8, 4) is 0 Å². The van der Waals surface area contributed by atoms with Crippen LogP contribution in [0.1, 0.15) is 20.1 Å². The molecular formula is C14H13FINOS. The summed E-state index contributed by atoms with van der Waals surface area (Å²) in [7, 11) is 1.73. The Balaban J connectivity index is 2.16. The number of carbonyl (C=O) groups excluding carboxylic acids is 1. The lowest BCUT2D eigenvalue weighted by Gasteiger charge is -2.17. The summed E-state index contributed by atoms with van der Waals surface area (Å²) in [6.45, 7) is 2.58. The molecule has 0 aliphatic carbocycles. The average molecular weight is 389 g/mol. The predicted octanol–water partition coefficient (Wildman–Crippen LogP) is 4.07. The molecule has 2 aromatic rings. The fourth-order valence-electron chi connectivity index (χ4n) is 1.74. The molecule has 0 aliphatic heterocycles. The minimum atomic E-state index is -0.385. The van der Waals surface area contributed by atoms with Gasteiger partial charge in [0.1, 0.15) is 5.82 Å². The van der Waals surface area contributed by atoms with Crippen molar-refractivity contribution < 1.29 is 9.18 Å². The van der Waals surface area contributed by atoms with Gasteiger partial charge in [0.2, 0.25) is 0 Å². The normalized spacial score (nSPS) is 10.5. The highest BCUT2D eigenvalue weighted by Crippen LogP contribution is 2.20. The Hall–Kier alpha value is -0.950. The van der Waals surface area contributed by atoms with Crippen molar-refractivity contribution >= 4 is 39.8 Å². The van der Waals surface area contributed by atoms with Crippen molar-refractivity contribution in [1.29, 1.82) is 0 Å². The molecule has 0 radical (unpaired) electrons. The number of rotatable bonds is 3. The van der Waals surface area contributed by atoms with Crippen LogP contribution in [0.2, 0.25) is 0 Å². The van der Waals surface area contributed by atoms with Crippen LogP contribution < -0.4 is 0 Å². The Morgan fingerprint density at radius 1 is 1.37 bits per heavy atom. The molecule has 1 aromatic carbocycles. The maximum absolute atomic E-state index is 13.2. The van der Waals surface area contributed by atoms with Crippen LogP contribution in [0.3, 0.4) is 0 Å².